The van der Waals surface area contributed by atoms with Gasteiger partial charge in [0.2, 0.25) is 0 Å². The number of hydrogen-bond acceptors (Lipinski definition) is 4. The van der Waals surface area contributed by atoms with Crippen LogP contribution in [0.5, 0.6) is 0 Å². The van der Waals surface area contributed by atoms with E-state index in [9.17, 15) is 4.79 Å². The molecule has 0 saturated carbocycles. The van der Waals surface area contributed by atoms with Crippen molar-refractivity contribution in [1.29, 1.82) is 0 Å². The van der Waals surface area contributed by atoms with Gasteiger partial charge in [0.1, 0.15) is 5.69 Å². The first kappa shape index (κ1) is 17.5. The molecule has 3 rings (SSSR count). The van der Waals surface area contributed by atoms with E-state index in [0.29, 0.717) is 24.8 Å². The molecule has 1 unspecified atom stereocenters. The fourth-order valence-electron chi connectivity index (χ4n) is 2.70. The summed E-state index contributed by atoms with van der Waals surface area (Å²) in [6, 6.07) is 4.04. The second-order valence-electron chi connectivity index (χ2n) is 5.68. The van der Waals surface area contributed by atoms with Crippen LogP contribution in [-0.2, 0) is 6.54 Å². The Morgan fingerprint density at radius 2 is 2.35 bits per heavy atom. The SMILES string of the molecule is CN(CCn1cccn1)C(=O)c1ccn(C2CCCNC2)n1.Cl. The van der Waals surface area contributed by atoms with Gasteiger partial charge in [-0.05, 0) is 31.5 Å². The third-order valence-electron chi connectivity index (χ3n) is 4.04. The molecule has 8 heteroatoms. The maximum absolute atomic E-state index is 12.4. The van der Waals surface area contributed by atoms with Crippen molar-refractivity contribution in [2.45, 2.75) is 25.4 Å². The lowest BCUT2D eigenvalue weighted by molar-refractivity contribution is 0.0781. The number of aromatic nitrogens is 4. The van der Waals surface area contributed by atoms with Crippen LogP contribution in [0.4, 0.5) is 0 Å². The predicted molar refractivity (Wildman–Crippen MR) is 89.8 cm³/mol. The molecule has 126 valence electrons. The van der Waals surface area contributed by atoms with Crippen LogP contribution in [0.1, 0.15) is 29.4 Å². The molecule has 1 saturated heterocycles. The van der Waals surface area contributed by atoms with Gasteiger partial charge in [0.25, 0.3) is 5.91 Å². The highest BCUT2D eigenvalue weighted by molar-refractivity contribution is 5.91. The van der Waals surface area contributed by atoms with Gasteiger partial charge in [0.15, 0.2) is 0 Å². The van der Waals surface area contributed by atoms with Gasteiger partial charge in [-0.1, -0.05) is 0 Å². The normalized spacial score (nSPS) is 17.5. The lowest BCUT2D eigenvalue weighted by Crippen LogP contribution is -2.33. The fourth-order valence-corrected chi connectivity index (χ4v) is 2.70. The van der Waals surface area contributed by atoms with Crippen molar-refractivity contribution in [1.82, 2.24) is 29.8 Å². The first-order valence-corrected chi connectivity index (χ1v) is 7.73. The maximum atomic E-state index is 12.4. The minimum absolute atomic E-state index is 0. The van der Waals surface area contributed by atoms with Crippen molar-refractivity contribution >= 4 is 18.3 Å². The van der Waals surface area contributed by atoms with Gasteiger partial charge in [-0.3, -0.25) is 14.2 Å². The van der Waals surface area contributed by atoms with Crippen LogP contribution in [0.25, 0.3) is 0 Å². The molecule has 1 N–H and O–H groups in total. The molecule has 1 fully saturated rings. The van der Waals surface area contributed by atoms with Crippen molar-refractivity contribution in [3.05, 3.63) is 36.4 Å². The Labute approximate surface area is 142 Å². The molecule has 23 heavy (non-hydrogen) atoms. The second-order valence-corrected chi connectivity index (χ2v) is 5.68. The van der Waals surface area contributed by atoms with Crippen LogP contribution < -0.4 is 5.32 Å². The molecule has 0 radical (unpaired) electrons. The lowest BCUT2D eigenvalue weighted by Gasteiger charge is -2.23. The third-order valence-corrected chi connectivity index (χ3v) is 4.04. The fraction of sp³-hybridized carbons (Fsp3) is 0.533. The number of nitrogens with zero attached hydrogens (tertiary/aromatic N) is 5. The first-order valence-electron chi connectivity index (χ1n) is 7.73. The summed E-state index contributed by atoms with van der Waals surface area (Å²) in [5, 5.41) is 12.0. The van der Waals surface area contributed by atoms with Crippen molar-refractivity contribution in [3.63, 3.8) is 0 Å². The number of carbonyl (C=O) groups excluding carboxylic acids is 1. The first-order chi connectivity index (χ1) is 10.7. The topological polar surface area (TPSA) is 68.0 Å². The molecule has 0 aliphatic carbocycles. The van der Waals surface area contributed by atoms with E-state index in [1.54, 1.807) is 24.2 Å². The Hall–Kier alpha value is -1.86. The van der Waals surface area contributed by atoms with E-state index in [4.69, 9.17) is 0 Å². The Kier molecular flexibility index (Phi) is 6.18. The summed E-state index contributed by atoms with van der Waals surface area (Å²) in [5.74, 6) is -0.0466. The predicted octanol–water partition coefficient (Wildman–Crippen LogP) is 1.20. The molecule has 1 amide bonds. The second kappa shape index (κ2) is 8.12. The highest BCUT2D eigenvalue weighted by Gasteiger charge is 2.19. The van der Waals surface area contributed by atoms with Crippen LogP contribution in [0, 0.1) is 0 Å². The summed E-state index contributed by atoms with van der Waals surface area (Å²) in [6.07, 6.45) is 7.80. The van der Waals surface area contributed by atoms with Crippen LogP contribution in [0.2, 0.25) is 0 Å². The summed E-state index contributed by atoms with van der Waals surface area (Å²) < 4.78 is 3.73. The van der Waals surface area contributed by atoms with E-state index in [0.717, 1.165) is 25.9 Å². The Balaban J connectivity index is 0.00000192. The van der Waals surface area contributed by atoms with Gasteiger partial charge in [-0.2, -0.15) is 10.2 Å². The lowest BCUT2D eigenvalue weighted by atomic mass is 10.1. The molecule has 7 nitrogen and oxygen atoms in total. The molecule has 2 aromatic heterocycles. The Morgan fingerprint density at radius 3 is 3.04 bits per heavy atom. The molecule has 1 aliphatic heterocycles. The molecule has 1 aliphatic rings. The average Bonchev–Trinajstić information content (AvgIpc) is 3.24. The summed E-state index contributed by atoms with van der Waals surface area (Å²) in [5.41, 5.74) is 0.508. The Morgan fingerprint density at radius 1 is 1.48 bits per heavy atom. The van der Waals surface area contributed by atoms with Crippen LogP contribution >= 0.6 is 12.4 Å². The van der Waals surface area contributed by atoms with Crippen LogP contribution in [0.3, 0.4) is 0 Å². The number of rotatable bonds is 5. The minimum atomic E-state index is -0.0466. The zero-order chi connectivity index (χ0) is 15.4. The smallest absolute Gasteiger partial charge is 0.274 e. The minimum Gasteiger partial charge on any atom is -0.338 e. The van der Waals surface area contributed by atoms with Gasteiger partial charge in [-0.25, -0.2) is 0 Å². The van der Waals surface area contributed by atoms with Crippen LogP contribution in [0.15, 0.2) is 30.7 Å². The number of carbonyl (C=O) groups is 1. The summed E-state index contributed by atoms with van der Waals surface area (Å²) in [6.45, 7) is 3.28. The molecular formula is C15H23ClN6O. The van der Waals surface area contributed by atoms with E-state index in [1.807, 2.05) is 27.8 Å². The molecule has 0 spiro atoms. The highest BCUT2D eigenvalue weighted by Crippen LogP contribution is 2.16. The number of piperidine rings is 1. The average molecular weight is 339 g/mol. The summed E-state index contributed by atoms with van der Waals surface area (Å²) in [7, 11) is 1.80. The largest absolute Gasteiger partial charge is 0.338 e. The van der Waals surface area contributed by atoms with Gasteiger partial charge < -0.3 is 10.2 Å². The van der Waals surface area contributed by atoms with E-state index in [1.165, 1.54) is 0 Å². The summed E-state index contributed by atoms with van der Waals surface area (Å²) >= 11 is 0. The molecular weight excluding hydrogens is 316 g/mol. The summed E-state index contributed by atoms with van der Waals surface area (Å²) in [4.78, 5) is 14.1. The standard InChI is InChI=1S/C15H22N6O.ClH/c1-19(10-11-20-8-3-7-17-20)15(22)14-5-9-21(18-14)13-4-2-6-16-12-13;/h3,5,7-9,13,16H,2,4,6,10-12H2,1H3;1H. The number of amides is 1. The molecule has 0 aromatic carbocycles. The molecule has 3 heterocycles. The van der Waals surface area contributed by atoms with Crippen molar-refractivity contribution in [2.75, 3.05) is 26.7 Å². The monoisotopic (exact) mass is 338 g/mol. The van der Waals surface area contributed by atoms with E-state index >= 15 is 0 Å². The van der Waals surface area contributed by atoms with Gasteiger partial charge in [0.05, 0.1) is 12.6 Å². The van der Waals surface area contributed by atoms with Crippen molar-refractivity contribution in [3.8, 4) is 0 Å². The molecule has 2 aromatic rings. The van der Waals surface area contributed by atoms with E-state index in [2.05, 4.69) is 15.5 Å². The van der Waals surface area contributed by atoms with Crippen molar-refractivity contribution < 1.29 is 4.79 Å². The van der Waals surface area contributed by atoms with E-state index in [-0.39, 0.29) is 18.3 Å². The van der Waals surface area contributed by atoms with Gasteiger partial charge in [-0.15, -0.1) is 12.4 Å². The van der Waals surface area contributed by atoms with Crippen molar-refractivity contribution in [2.24, 2.45) is 0 Å². The quantitative estimate of drug-likeness (QED) is 0.889. The van der Waals surface area contributed by atoms with Gasteiger partial charge in [0, 0.05) is 38.7 Å². The number of halogens is 1. The zero-order valence-corrected chi connectivity index (χ0v) is 14.1. The third kappa shape index (κ3) is 4.33. The maximum Gasteiger partial charge on any atom is 0.274 e. The number of nitrogens with one attached hydrogen (secondary N) is 1. The highest BCUT2D eigenvalue weighted by atomic mass is 35.5. The molecule has 0 bridgehead atoms. The Bertz CT molecular complexity index is 605. The number of likely N-dealkylation sites (N-methyl/N-ethyl adjacent to an activating group) is 1. The van der Waals surface area contributed by atoms with Gasteiger partial charge >= 0.3 is 0 Å². The number of hydrogen-bond donors (Lipinski definition) is 1. The molecule has 1 atom stereocenters. The zero-order valence-electron chi connectivity index (χ0n) is 13.3. The van der Waals surface area contributed by atoms with Crippen LogP contribution in [-0.4, -0.2) is 57.1 Å². The van der Waals surface area contributed by atoms with E-state index < -0.39 is 0 Å².